The lowest BCUT2D eigenvalue weighted by Gasteiger charge is -2.19. The van der Waals surface area contributed by atoms with Crippen LogP contribution in [0.4, 0.5) is 11.4 Å². The maximum Gasteiger partial charge on any atom is 0.229 e. The van der Waals surface area contributed by atoms with Crippen molar-refractivity contribution in [3.8, 4) is 5.75 Å². The van der Waals surface area contributed by atoms with Crippen LogP contribution < -0.4 is 15.0 Å². The molecule has 0 bridgehead atoms. The molecule has 130 valence electrons. The van der Waals surface area contributed by atoms with Gasteiger partial charge in [-0.15, -0.1) is 0 Å². The third-order valence-electron chi connectivity index (χ3n) is 4.49. The van der Waals surface area contributed by atoms with Crippen LogP contribution in [0.25, 0.3) is 0 Å². The molecule has 0 spiro atoms. The van der Waals surface area contributed by atoms with Gasteiger partial charge >= 0.3 is 0 Å². The lowest BCUT2D eigenvalue weighted by atomic mass is 10.1. The number of rotatable bonds is 4. The molecule has 5 heteroatoms. The van der Waals surface area contributed by atoms with Gasteiger partial charge in [0.2, 0.25) is 11.8 Å². The third-order valence-corrected chi connectivity index (χ3v) is 4.49. The molecular weight excluding hydrogens is 316 g/mol. The van der Waals surface area contributed by atoms with Crippen molar-refractivity contribution in [3.05, 3.63) is 53.6 Å². The van der Waals surface area contributed by atoms with Gasteiger partial charge in [-0.2, -0.15) is 0 Å². The van der Waals surface area contributed by atoms with Crippen LogP contribution in [0.1, 0.15) is 17.5 Å². The molecule has 2 aromatic carbocycles. The number of aryl methyl sites for hydroxylation is 2. The van der Waals surface area contributed by atoms with Crippen molar-refractivity contribution >= 4 is 23.2 Å². The van der Waals surface area contributed by atoms with Crippen molar-refractivity contribution in [2.24, 2.45) is 5.92 Å². The normalized spacial score (nSPS) is 16.8. The SMILES string of the molecule is COc1cccc(NC(=O)C2CC(=O)N(c3cc(C)ccc3C)C2)c1. The number of hydrogen-bond donors (Lipinski definition) is 1. The number of nitrogens with one attached hydrogen (secondary N) is 1. The Balaban J connectivity index is 1.73. The number of nitrogens with zero attached hydrogens (tertiary/aromatic N) is 1. The first-order valence-corrected chi connectivity index (χ1v) is 8.30. The summed E-state index contributed by atoms with van der Waals surface area (Å²) in [5, 5.41) is 2.88. The van der Waals surface area contributed by atoms with Crippen molar-refractivity contribution in [2.75, 3.05) is 23.9 Å². The van der Waals surface area contributed by atoms with Crippen molar-refractivity contribution in [2.45, 2.75) is 20.3 Å². The summed E-state index contributed by atoms with van der Waals surface area (Å²) in [6, 6.07) is 13.2. The van der Waals surface area contributed by atoms with E-state index in [4.69, 9.17) is 4.74 Å². The molecule has 1 aliphatic heterocycles. The van der Waals surface area contributed by atoms with E-state index < -0.39 is 0 Å². The Bertz CT molecular complexity index is 816. The van der Waals surface area contributed by atoms with E-state index >= 15 is 0 Å². The van der Waals surface area contributed by atoms with E-state index in [-0.39, 0.29) is 24.2 Å². The van der Waals surface area contributed by atoms with Gasteiger partial charge in [-0.3, -0.25) is 9.59 Å². The summed E-state index contributed by atoms with van der Waals surface area (Å²) in [6.07, 6.45) is 0.225. The fourth-order valence-corrected chi connectivity index (χ4v) is 3.07. The fourth-order valence-electron chi connectivity index (χ4n) is 3.07. The van der Waals surface area contributed by atoms with Gasteiger partial charge in [0.05, 0.1) is 13.0 Å². The van der Waals surface area contributed by atoms with Crippen molar-refractivity contribution in [3.63, 3.8) is 0 Å². The third kappa shape index (κ3) is 3.65. The van der Waals surface area contributed by atoms with E-state index in [1.54, 1.807) is 24.1 Å². The maximum absolute atomic E-state index is 12.6. The Kier molecular flexibility index (Phi) is 4.74. The van der Waals surface area contributed by atoms with Gasteiger partial charge < -0.3 is 15.0 Å². The number of methoxy groups -OCH3 is 1. The number of anilines is 2. The van der Waals surface area contributed by atoms with E-state index in [2.05, 4.69) is 5.32 Å². The molecule has 1 aliphatic rings. The molecule has 1 N–H and O–H groups in total. The van der Waals surface area contributed by atoms with E-state index in [0.717, 1.165) is 16.8 Å². The summed E-state index contributed by atoms with van der Waals surface area (Å²) < 4.78 is 5.16. The minimum atomic E-state index is -0.362. The minimum Gasteiger partial charge on any atom is -0.497 e. The first kappa shape index (κ1) is 17.0. The van der Waals surface area contributed by atoms with Gasteiger partial charge in [-0.05, 0) is 43.2 Å². The monoisotopic (exact) mass is 338 g/mol. The number of hydrogen-bond acceptors (Lipinski definition) is 3. The summed E-state index contributed by atoms with van der Waals surface area (Å²) in [6.45, 7) is 4.38. The highest BCUT2D eigenvalue weighted by molar-refractivity contribution is 6.03. The topological polar surface area (TPSA) is 58.6 Å². The van der Waals surface area contributed by atoms with Crippen molar-refractivity contribution in [1.82, 2.24) is 0 Å². The van der Waals surface area contributed by atoms with Crippen LogP contribution in [0, 0.1) is 19.8 Å². The second-order valence-corrected chi connectivity index (χ2v) is 6.42. The second-order valence-electron chi connectivity index (χ2n) is 6.42. The smallest absolute Gasteiger partial charge is 0.229 e. The molecule has 0 aromatic heterocycles. The predicted molar refractivity (Wildman–Crippen MR) is 98.0 cm³/mol. The Morgan fingerprint density at radius 1 is 1.20 bits per heavy atom. The van der Waals surface area contributed by atoms with E-state index in [1.807, 2.05) is 44.2 Å². The van der Waals surface area contributed by atoms with Crippen LogP contribution >= 0.6 is 0 Å². The molecule has 0 saturated carbocycles. The summed E-state index contributed by atoms with van der Waals surface area (Å²) in [5.41, 5.74) is 3.69. The molecule has 2 amide bonds. The first-order valence-electron chi connectivity index (χ1n) is 8.30. The highest BCUT2D eigenvalue weighted by Gasteiger charge is 2.35. The zero-order chi connectivity index (χ0) is 18.0. The Labute approximate surface area is 147 Å². The zero-order valence-corrected chi connectivity index (χ0v) is 14.7. The quantitative estimate of drug-likeness (QED) is 0.930. The van der Waals surface area contributed by atoms with E-state index in [0.29, 0.717) is 18.0 Å². The van der Waals surface area contributed by atoms with Gasteiger partial charge in [0, 0.05) is 30.4 Å². The fraction of sp³-hybridized carbons (Fsp3) is 0.300. The number of amides is 2. The highest BCUT2D eigenvalue weighted by atomic mass is 16.5. The van der Waals surface area contributed by atoms with Crippen LogP contribution in [0.5, 0.6) is 5.75 Å². The van der Waals surface area contributed by atoms with Crippen LogP contribution in [-0.4, -0.2) is 25.5 Å². The molecule has 2 aromatic rings. The van der Waals surface area contributed by atoms with E-state index in [9.17, 15) is 9.59 Å². The molecule has 25 heavy (non-hydrogen) atoms. The molecule has 5 nitrogen and oxygen atoms in total. The van der Waals surface area contributed by atoms with Crippen LogP contribution in [0.3, 0.4) is 0 Å². The minimum absolute atomic E-state index is 0.0144. The highest BCUT2D eigenvalue weighted by Crippen LogP contribution is 2.29. The van der Waals surface area contributed by atoms with Crippen LogP contribution in [0.2, 0.25) is 0 Å². The summed E-state index contributed by atoms with van der Waals surface area (Å²) in [7, 11) is 1.58. The second kappa shape index (κ2) is 6.97. The van der Waals surface area contributed by atoms with Gasteiger partial charge in [-0.1, -0.05) is 18.2 Å². The average molecular weight is 338 g/mol. The number of ether oxygens (including phenoxy) is 1. The standard InChI is InChI=1S/C20H22N2O3/c1-13-7-8-14(2)18(9-13)22-12-15(10-19(22)23)20(24)21-16-5-4-6-17(11-16)25-3/h4-9,11,15H,10,12H2,1-3H3,(H,21,24). The van der Waals surface area contributed by atoms with E-state index in [1.165, 1.54) is 0 Å². The maximum atomic E-state index is 12.6. The zero-order valence-electron chi connectivity index (χ0n) is 14.7. The molecule has 1 heterocycles. The Morgan fingerprint density at radius 3 is 2.76 bits per heavy atom. The average Bonchev–Trinajstić information content (AvgIpc) is 2.99. The van der Waals surface area contributed by atoms with Crippen molar-refractivity contribution < 1.29 is 14.3 Å². The number of benzene rings is 2. The summed E-state index contributed by atoms with van der Waals surface area (Å²) in [5.74, 6) is 0.157. The Hall–Kier alpha value is -2.82. The van der Waals surface area contributed by atoms with Gasteiger partial charge in [0.15, 0.2) is 0 Å². The molecule has 3 rings (SSSR count). The molecule has 0 radical (unpaired) electrons. The number of carbonyl (C=O) groups is 2. The first-order chi connectivity index (χ1) is 12.0. The lowest BCUT2D eigenvalue weighted by molar-refractivity contribution is -0.122. The van der Waals surface area contributed by atoms with Gasteiger partial charge in [-0.25, -0.2) is 0 Å². The van der Waals surface area contributed by atoms with Gasteiger partial charge in [0.1, 0.15) is 5.75 Å². The largest absolute Gasteiger partial charge is 0.497 e. The predicted octanol–water partition coefficient (Wildman–Crippen LogP) is 3.30. The Morgan fingerprint density at radius 2 is 2.00 bits per heavy atom. The molecule has 1 fully saturated rings. The molecule has 1 saturated heterocycles. The van der Waals surface area contributed by atoms with Crippen molar-refractivity contribution in [1.29, 1.82) is 0 Å². The van der Waals surface area contributed by atoms with Crippen LogP contribution in [-0.2, 0) is 9.59 Å². The molecular formula is C20H22N2O3. The summed E-state index contributed by atoms with van der Waals surface area (Å²) in [4.78, 5) is 26.7. The number of carbonyl (C=O) groups excluding carboxylic acids is 2. The lowest BCUT2D eigenvalue weighted by Crippen LogP contribution is -2.28. The molecule has 1 unspecified atom stereocenters. The molecule has 1 atom stereocenters. The van der Waals surface area contributed by atoms with Crippen LogP contribution in [0.15, 0.2) is 42.5 Å². The molecule has 0 aliphatic carbocycles. The van der Waals surface area contributed by atoms with Gasteiger partial charge in [0.25, 0.3) is 0 Å². The summed E-state index contributed by atoms with van der Waals surface area (Å²) >= 11 is 0.